The number of hydrogen-bond donors (Lipinski definition) is 0. The zero-order valence-electron chi connectivity index (χ0n) is 18.1. The molecule has 0 fully saturated rings. The van der Waals surface area contributed by atoms with Crippen molar-refractivity contribution in [3.8, 4) is 0 Å². The fourth-order valence-corrected chi connectivity index (χ4v) is 4.12. The number of aryl methyl sites for hydroxylation is 1. The Kier molecular flexibility index (Phi) is 12.6. The number of rotatable bonds is 16. The molecule has 0 bridgehead atoms. The van der Waals surface area contributed by atoms with E-state index in [1.807, 2.05) is 12.1 Å². The highest BCUT2D eigenvalue weighted by Gasteiger charge is 2.36. The van der Waals surface area contributed by atoms with Gasteiger partial charge in [0.05, 0.1) is 0 Å². The number of benzene rings is 1. The van der Waals surface area contributed by atoms with Crippen LogP contribution in [0.15, 0.2) is 24.3 Å². The molecule has 156 valence electrons. The lowest BCUT2D eigenvalue weighted by atomic mass is 9.85. The molecule has 1 rings (SSSR count). The van der Waals surface area contributed by atoms with Crippen LogP contribution in [0.25, 0.3) is 0 Å². The van der Waals surface area contributed by atoms with Crippen molar-refractivity contribution in [3.63, 3.8) is 0 Å². The SMILES string of the molecule is CCCCCCCCC(CCCCc1ccc(F)cc1)C(CC)(OC)OC. The minimum Gasteiger partial charge on any atom is -0.353 e. The Bertz CT molecular complexity index is 460. The molecule has 1 atom stereocenters. The average molecular weight is 381 g/mol. The maximum atomic E-state index is 13.0. The Morgan fingerprint density at radius 1 is 0.815 bits per heavy atom. The molecule has 1 unspecified atom stereocenters. The van der Waals surface area contributed by atoms with E-state index in [2.05, 4.69) is 13.8 Å². The molecule has 0 radical (unpaired) electrons. The van der Waals surface area contributed by atoms with Gasteiger partial charge in [-0.05, 0) is 49.8 Å². The first kappa shape index (κ1) is 24.1. The van der Waals surface area contributed by atoms with Crippen LogP contribution in [0.1, 0.15) is 90.0 Å². The van der Waals surface area contributed by atoms with E-state index in [1.54, 1.807) is 26.4 Å². The Hall–Kier alpha value is -0.930. The summed E-state index contributed by atoms with van der Waals surface area (Å²) >= 11 is 0. The maximum absolute atomic E-state index is 13.0. The molecule has 0 aliphatic carbocycles. The lowest BCUT2D eigenvalue weighted by Gasteiger charge is -2.38. The van der Waals surface area contributed by atoms with E-state index in [4.69, 9.17) is 9.47 Å². The summed E-state index contributed by atoms with van der Waals surface area (Å²) < 4.78 is 24.7. The standard InChI is InChI=1S/C24H41FO2/c1-5-7-8-9-10-11-15-22(24(6-2,26-3)27-4)16-13-12-14-21-17-19-23(25)20-18-21/h17-20,22H,5-16H2,1-4H3. The normalized spacial score (nSPS) is 13.1. The van der Waals surface area contributed by atoms with Gasteiger partial charge in [0.2, 0.25) is 0 Å². The van der Waals surface area contributed by atoms with Crippen LogP contribution in [0.5, 0.6) is 0 Å². The molecule has 0 saturated heterocycles. The fraction of sp³-hybridized carbons (Fsp3) is 0.750. The van der Waals surface area contributed by atoms with Gasteiger partial charge in [-0.25, -0.2) is 4.39 Å². The van der Waals surface area contributed by atoms with Crippen molar-refractivity contribution < 1.29 is 13.9 Å². The second kappa shape index (κ2) is 14.1. The predicted molar refractivity (Wildman–Crippen MR) is 112 cm³/mol. The van der Waals surface area contributed by atoms with Gasteiger partial charge in [-0.15, -0.1) is 0 Å². The van der Waals surface area contributed by atoms with E-state index in [-0.39, 0.29) is 5.82 Å². The van der Waals surface area contributed by atoms with E-state index in [9.17, 15) is 4.39 Å². The molecular formula is C24H41FO2. The maximum Gasteiger partial charge on any atom is 0.170 e. The second-order valence-electron chi connectivity index (χ2n) is 7.70. The van der Waals surface area contributed by atoms with Crippen LogP contribution in [-0.4, -0.2) is 20.0 Å². The molecule has 0 heterocycles. The van der Waals surface area contributed by atoms with Gasteiger partial charge in [0, 0.05) is 20.1 Å². The average Bonchev–Trinajstić information content (AvgIpc) is 2.70. The Labute approximate surface area is 166 Å². The fourth-order valence-electron chi connectivity index (χ4n) is 4.12. The van der Waals surface area contributed by atoms with Crippen molar-refractivity contribution in [2.75, 3.05) is 14.2 Å². The molecule has 0 aromatic heterocycles. The molecule has 27 heavy (non-hydrogen) atoms. The summed E-state index contributed by atoms with van der Waals surface area (Å²) in [7, 11) is 3.56. The third-order valence-electron chi connectivity index (χ3n) is 5.89. The van der Waals surface area contributed by atoms with Gasteiger partial charge in [0.25, 0.3) is 0 Å². The van der Waals surface area contributed by atoms with Gasteiger partial charge < -0.3 is 9.47 Å². The third kappa shape index (κ3) is 8.74. The topological polar surface area (TPSA) is 18.5 Å². The smallest absolute Gasteiger partial charge is 0.170 e. The molecule has 2 nitrogen and oxygen atoms in total. The first-order valence-corrected chi connectivity index (χ1v) is 11.0. The summed E-state index contributed by atoms with van der Waals surface area (Å²) in [5.41, 5.74) is 1.21. The number of hydrogen-bond acceptors (Lipinski definition) is 2. The van der Waals surface area contributed by atoms with E-state index in [0.717, 1.165) is 38.5 Å². The Morgan fingerprint density at radius 2 is 1.37 bits per heavy atom. The molecule has 1 aromatic carbocycles. The molecule has 0 amide bonds. The summed E-state index contributed by atoms with van der Waals surface area (Å²) in [6, 6.07) is 6.89. The highest BCUT2D eigenvalue weighted by atomic mass is 19.1. The number of ether oxygens (including phenoxy) is 2. The molecule has 3 heteroatoms. The van der Waals surface area contributed by atoms with E-state index in [1.165, 1.54) is 44.1 Å². The van der Waals surface area contributed by atoms with Crippen LogP contribution < -0.4 is 0 Å². The quantitative estimate of drug-likeness (QED) is 0.221. The monoisotopic (exact) mass is 380 g/mol. The van der Waals surface area contributed by atoms with Gasteiger partial charge >= 0.3 is 0 Å². The number of unbranched alkanes of at least 4 members (excludes halogenated alkanes) is 6. The van der Waals surface area contributed by atoms with E-state index < -0.39 is 5.79 Å². The van der Waals surface area contributed by atoms with Gasteiger partial charge in [-0.2, -0.15) is 0 Å². The second-order valence-corrected chi connectivity index (χ2v) is 7.70. The van der Waals surface area contributed by atoms with Crippen molar-refractivity contribution >= 4 is 0 Å². The minimum atomic E-state index is -0.459. The number of halogens is 1. The summed E-state index contributed by atoms with van der Waals surface area (Å²) in [5, 5.41) is 0. The summed E-state index contributed by atoms with van der Waals surface area (Å²) in [5.74, 6) is -0.193. The highest BCUT2D eigenvalue weighted by molar-refractivity contribution is 5.15. The van der Waals surface area contributed by atoms with Gasteiger partial charge in [-0.3, -0.25) is 0 Å². The first-order valence-electron chi connectivity index (χ1n) is 11.0. The zero-order chi connectivity index (χ0) is 20.0. The Balaban J connectivity index is 2.48. The van der Waals surface area contributed by atoms with Crippen LogP contribution in [-0.2, 0) is 15.9 Å². The van der Waals surface area contributed by atoms with Gasteiger partial charge in [-0.1, -0.05) is 70.9 Å². The molecule has 0 N–H and O–H groups in total. The van der Waals surface area contributed by atoms with Crippen molar-refractivity contribution in [2.24, 2.45) is 5.92 Å². The van der Waals surface area contributed by atoms with Crippen molar-refractivity contribution in [3.05, 3.63) is 35.6 Å². The van der Waals surface area contributed by atoms with Crippen LogP contribution in [0, 0.1) is 11.7 Å². The zero-order valence-corrected chi connectivity index (χ0v) is 18.1. The van der Waals surface area contributed by atoms with E-state index in [0.29, 0.717) is 5.92 Å². The van der Waals surface area contributed by atoms with Crippen LogP contribution in [0.3, 0.4) is 0 Å². The highest BCUT2D eigenvalue weighted by Crippen LogP contribution is 2.34. The molecule has 1 aromatic rings. The molecule has 0 saturated carbocycles. The van der Waals surface area contributed by atoms with Gasteiger partial charge in [0.15, 0.2) is 5.79 Å². The summed E-state index contributed by atoms with van der Waals surface area (Å²) in [6.45, 7) is 4.41. The molecule has 0 spiro atoms. The third-order valence-corrected chi connectivity index (χ3v) is 5.89. The molecular weight excluding hydrogens is 339 g/mol. The largest absolute Gasteiger partial charge is 0.353 e. The van der Waals surface area contributed by atoms with Crippen molar-refractivity contribution in [2.45, 2.75) is 96.7 Å². The Morgan fingerprint density at radius 3 is 1.93 bits per heavy atom. The van der Waals surface area contributed by atoms with Crippen LogP contribution in [0.4, 0.5) is 4.39 Å². The van der Waals surface area contributed by atoms with Crippen molar-refractivity contribution in [1.82, 2.24) is 0 Å². The van der Waals surface area contributed by atoms with Crippen LogP contribution in [0.2, 0.25) is 0 Å². The number of methoxy groups -OCH3 is 2. The van der Waals surface area contributed by atoms with Crippen molar-refractivity contribution in [1.29, 1.82) is 0 Å². The van der Waals surface area contributed by atoms with Crippen LogP contribution >= 0.6 is 0 Å². The summed E-state index contributed by atoms with van der Waals surface area (Å²) in [6.07, 6.45) is 14.3. The lowest BCUT2D eigenvalue weighted by Crippen LogP contribution is -2.41. The first-order chi connectivity index (χ1) is 13.1. The lowest BCUT2D eigenvalue weighted by molar-refractivity contribution is -0.244. The molecule has 0 aliphatic rings. The predicted octanol–water partition coefficient (Wildman–Crippen LogP) is 7.30. The molecule has 0 aliphatic heterocycles. The van der Waals surface area contributed by atoms with E-state index >= 15 is 0 Å². The minimum absolute atomic E-state index is 0.161. The van der Waals surface area contributed by atoms with Gasteiger partial charge in [0.1, 0.15) is 5.82 Å². The summed E-state index contributed by atoms with van der Waals surface area (Å²) in [4.78, 5) is 0.